The highest BCUT2D eigenvalue weighted by atomic mass is 16.2. The lowest BCUT2D eigenvalue weighted by atomic mass is 9.75. The number of carbonyl (C=O) groups excluding carboxylic acids is 2. The van der Waals surface area contributed by atoms with Crippen molar-refractivity contribution < 1.29 is 9.59 Å². The molecule has 3 rings (SSSR count). The van der Waals surface area contributed by atoms with Gasteiger partial charge in [-0.1, -0.05) is 19.8 Å². The first-order chi connectivity index (χ1) is 9.59. The first kappa shape index (κ1) is 13.2. The summed E-state index contributed by atoms with van der Waals surface area (Å²) in [7, 11) is 0. The third kappa shape index (κ3) is 1.77. The second-order valence-electron chi connectivity index (χ2n) is 6.00. The number of imide groups is 1. The van der Waals surface area contributed by atoms with Crippen LogP contribution in [0.1, 0.15) is 53.3 Å². The Kier molecular flexibility index (Phi) is 3.09. The smallest absolute Gasteiger partial charge is 0.263 e. The van der Waals surface area contributed by atoms with Crippen LogP contribution < -0.4 is 5.73 Å². The molecule has 0 aromatic carbocycles. The quantitative estimate of drug-likeness (QED) is 0.830. The Hall–Kier alpha value is -1.75. The lowest BCUT2D eigenvalue weighted by Gasteiger charge is -2.44. The summed E-state index contributed by atoms with van der Waals surface area (Å²) in [4.78, 5) is 30.6. The number of hydrogen-bond donors (Lipinski definition) is 1. The molecule has 0 saturated heterocycles. The van der Waals surface area contributed by atoms with Gasteiger partial charge in [-0.15, -0.1) is 0 Å². The summed E-state index contributed by atoms with van der Waals surface area (Å²) < 4.78 is 0. The normalized spacial score (nSPS) is 29.7. The Balaban J connectivity index is 2.02. The summed E-state index contributed by atoms with van der Waals surface area (Å²) in [6.45, 7) is 2.49. The number of pyridine rings is 1. The van der Waals surface area contributed by atoms with Crippen LogP contribution in [0.2, 0.25) is 0 Å². The maximum absolute atomic E-state index is 12.6. The van der Waals surface area contributed by atoms with Crippen molar-refractivity contribution in [1.29, 1.82) is 0 Å². The highest BCUT2D eigenvalue weighted by Crippen LogP contribution is 2.40. The van der Waals surface area contributed by atoms with E-state index >= 15 is 0 Å². The molecule has 0 bridgehead atoms. The van der Waals surface area contributed by atoms with Crippen molar-refractivity contribution in [3.05, 3.63) is 29.6 Å². The fourth-order valence-corrected chi connectivity index (χ4v) is 3.63. The number of fused-ring (bicyclic) bond motifs is 1. The summed E-state index contributed by atoms with van der Waals surface area (Å²) in [5.74, 6) is 0.0272. The molecular formula is C15H19N3O2. The molecule has 1 fully saturated rings. The van der Waals surface area contributed by atoms with Crippen molar-refractivity contribution in [1.82, 2.24) is 9.88 Å². The van der Waals surface area contributed by atoms with Crippen molar-refractivity contribution in [3.63, 3.8) is 0 Å². The zero-order valence-electron chi connectivity index (χ0n) is 11.6. The second kappa shape index (κ2) is 4.66. The lowest BCUT2D eigenvalue weighted by Crippen LogP contribution is -2.58. The van der Waals surface area contributed by atoms with E-state index in [1.54, 1.807) is 12.3 Å². The van der Waals surface area contributed by atoms with Gasteiger partial charge in [0.15, 0.2) is 0 Å². The summed E-state index contributed by atoms with van der Waals surface area (Å²) in [6.07, 6.45) is 6.75. The van der Waals surface area contributed by atoms with Crippen molar-refractivity contribution in [3.8, 4) is 0 Å². The molecule has 2 atom stereocenters. The van der Waals surface area contributed by atoms with Crippen molar-refractivity contribution in [2.75, 3.05) is 6.54 Å². The van der Waals surface area contributed by atoms with Gasteiger partial charge >= 0.3 is 0 Å². The summed E-state index contributed by atoms with van der Waals surface area (Å²) in [6, 6.07) is 1.62. The van der Waals surface area contributed by atoms with E-state index in [9.17, 15) is 9.59 Å². The molecule has 0 spiro atoms. The van der Waals surface area contributed by atoms with Gasteiger partial charge in [0.25, 0.3) is 11.8 Å². The molecule has 1 aromatic rings. The van der Waals surface area contributed by atoms with Crippen LogP contribution in [0.3, 0.4) is 0 Å². The van der Waals surface area contributed by atoms with E-state index in [4.69, 9.17) is 5.73 Å². The van der Waals surface area contributed by atoms with E-state index in [2.05, 4.69) is 11.9 Å². The molecule has 1 saturated carbocycles. The molecule has 2 aliphatic rings. The second-order valence-corrected chi connectivity index (χ2v) is 6.00. The van der Waals surface area contributed by atoms with Crippen LogP contribution in [0.15, 0.2) is 18.5 Å². The van der Waals surface area contributed by atoms with Crippen molar-refractivity contribution >= 4 is 11.8 Å². The molecule has 1 aliphatic carbocycles. The minimum Gasteiger partial charge on any atom is -0.328 e. The van der Waals surface area contributed by atoms with Gasteiger partial charge in [-0.3, -0.25) is 19.5 Å². The number of carbonyl (C=O) groups is 2. The fraction of sp³-hybridized carbons (Fsp3) is 0.533. The average molecular weight is 273 g/mol. The number of aromatic nitrogens is 1. The van der Waals surface area contributed by atoms with Crippen LogP contribution >= 0.6 is 0 Å². The molecule has 2 heterocycles. The zero-order valence-corrected chi connectivity index (χ0v) is 11.6. The SMILES string of the molecule is CC1CCCC(CN)(N2C(=O)c3ccncc3C2=O)C1. The van der Waals surface area contributed by atoms with Crippen LogP contribution in [-0.2, 0) is 0 Å². The number of hydrogen-bond acceptors (Lipinski definition) is 4. The Morgan fingerprint density at radius 3 is 2.80 bits per heavy atom. The fourth-order valence-electron chi connectivity index (χ4n) is 3.63. The topological polar surface area (TPSA) is 76.3 Å². The number of nitrogens with two attached hydrogens (primary N) is 1. The Morgan fingerprint density at radius 1 is 1.40 bits per heavy atom. The summed E-state index contributed by atoms with van der Waals surface area (Å²) >= 11 is 0. The van der Waals surface area contributed by atoms with Gasteiger partial charge < -0.3 is 5.73 Å². The molecule has 2 unspecified atom stereocenters. The first-order valence-corrected chi connectivity index (χ1v) is 7.12. The van der Waals surface area contributed by atoms with Gasteiger partial charge in [0, 0.05) is 18.9 Å². The molecular weight excluding hydrogens is 254 g/mol. The monoisotopic (exact) mass is 273 g/mol. The van der Waals surface area contributed by atoms with Gasteiger partial charge in [-0.25, -0.2) is 0 Å². The summed E-state index contributed by atoms with van der Waals surface area (Å²) in [5, 5.41) is 0. The Morgan fingerprint density at radius 2 is 2.15 bits per heavy atom. The van der Waals surface area contributed by atoms with Crippen LogP contribution in [-0.4, -0.2) is 33.8 Å². The first-order valence-electron chi connectivity index (χ1n) is 7.12. The van der Waals surface area contributed by atoms with E-state index in [0.29, 0.717) is 23.6 Å². The molecule has 2 amide bonds. The van der Waals surface area contributed by atoms with Crippen LogP contribution in [0, 0.1) is 5.92 Å². The number of nitrogens with zero attached hydrogens (tertiary/aromatic N) is 2. The van der Waals surface area contributed by atoms with Gasteiger partial charge in [0.05, 0.1) is 16.7 Å². The average Bonchev–Trinajstić information content (AvgIpc) is 2.72. The van der Waals surface area contributed by atoms with E-state index in [1.165, 1.54) is 11.1 Å². The van der Waals surface area contributed by atoms with Gasteiger partial charge in [-0.2, -0.15) is 0 Å². The molecule has 1 aliphatic heterocycles. The Labute approximate surface area is 118 Å². The number of rotatable bonds is 2. The molecule has 5 nitrogen and oxygen atoms in total. The highest BCUT2D eigenvalue weighted by Gasteiger charge is 2.49. The third-order valence-corrected chi connectivity index (χ3v) is 4.61. The van der Waals surface area contributed by atoms with E-state index < -0.39 is 5.54 Å². The lowest BCUT2D eigenvalue weighted by molar-refractivity contribution is 0.0291. The molecule has 1 aromatic heterocycles. The molecule has 0 radical (unpaired) electrons. The largest absolute Gasteiger partial charge is 0.328 e. The minimum atomic E-state index is -0.523. The van der Waals surface area contributed by atoms with E-state index in [0.717, 1.165) is 25.7 Å². The minimum absolute atomic E-state index is 0.216. The predicted molar refractivity (Wildman–Crippen MR) is 74.2 cm³/mol. The van der Waals surface area contributed by atoms with Crippen LogP contribution in [0.25, 0.3) is 0 Å². The third-order valence-electron chi connectivity index (χ3n) is 4.61. The van der Waals surface area contributed by atoms with E-state index in [1.807, 2.05) is 0 Å². The van der Waals surface area contributed by atoms with Gasteiger partial charge in [0.1, 0.15) is 0 Å². The van der Waals surface area contributed by atoms with Crippen LogP contribution in [0.4, 0.5) is 0 Å². The maximum Gasteiger partial charge on any atom is 0.263 e. The molecule has 20 heavy (non-hydrogen) atoms. The van der Waals surface area contributed by atoms with E-state index in [-0.39, 0.29) is 11.8 Å². The summed E-state index contributed by atoms with van der Waals surface area (Å²) in [5.41, 5.74) is 6.32. The Bertz CT molecular complexity index is 537. The standard InChI is InChI=1S/C15H19N3O2/c1-10-3-2-5-15(7-10,9-16)18-13(19)11-4-6-17-8-12(11)14(18)20/h4,6,8,10H,2-3,5,7,9,16H2,1H3. The van der Waals surface area contributed by atoms with Crippen LogP contribution in [0.5, 0.6) is 0 Å². The maximum atomic E-state index is 12.6. The van der Waals surface area contributed by atoms with Crippen molar-refractivity contribution in [2.24, 2.45) is 11.7 Å². The zero-order chi connectivity index (χ0) is 14.3. The molecule has 106 valence electrons. The predicted octanol–water partition coefficient (Wildman–Crippen LogP) is 1.59. The molecule has 2 N–H and O–H groups in total. The van der Waals surface area contributed by atoms with Crippen molar-refractivity contribution in [2.45, 2.75) is 38.1 Å². The molecule has 5 heteroatoms. The highest BCUT2D eigenvalue weighted by molar-refractivity contribution is 6.21. The number of amides is 2. The van der Waals surface area contributed by atoms with Gasteiger partial charge in [0.2, 0.25) is 0 Å². The van der Waals surface area contributed by atoms with Gasteiger partial charge in [-0.05, 0) is 24.8 Å².